The molecule has 3 nitrogen and oxygen atoms in total. The SMILES string of the molecule is COC(=O)C1CN(Cc2ccccc2)CC1c1ccc(Br)cc1. The highest BCUT2D eigenvalue weighted by Crippen LogP contribution is 2.34. The van der Waals surface area contributed by atoms with Crippen molar-refractivity contribution in [1.29, 1.82) is 0 Å². The number of ether oxygens (including phenoxy) is 1. The maximum absolute atomic E-state index is 12.2. The molecule has 0 radical (unpaired) electrons. The lowest BCUT2D eigenvalue weighted by Gasteiger charge is -2.17. The molecule has 0 bridgehead atoms. The third-order valence-electron chi connectivity index (χ3n) is 4.45. The van der Waals surface area contributed by atoms with Gasteiger partial charge in [0.25, 0.3) is 0 Å². The lowest BCUT2D eigenvalue weighted by molar-refractivity contribution is -0.145. The van der Waals surface area contributed by atoms with Crippen LogP contribution in [-0.2, 0) is 16.1 Å². The van der Waals surface area contributed by atoms with Gasteiger partial charge >= 0.3 is 5.97 Å². The molecule has 0 spiro atoms. The zero-order chi connectivity index (χ0) is 16.2. The van der Waals surface area contributed by atoms with Gasteiger partial charge in [0, 0.05) is 30.0 Å². The number of carbonyl (C=O) groups is 1. The maximum Gasteiger partial charge on any atom is 0.310 e. The first-order valence-electron chi connectivity index (χ1n) is 7.77. The average molecular weight is 374 g/mol. The van der Waals surface area contributed by atoms with Crippen LogP contribution >= 0.6 is 15.9 Å². The van der Waals surface area contributed by atoms with Crippen LogP contribution in [0.25, 0.3) is 0 Å². The van der Waals surface area contributed by atoms with Crippen LogP contribution in [0.2, 0.25) is 0 Å². The quantitative estimate of drug-likeness (QED) is 0.762. The first kappa shape index (κ1) is 16.2. The van der Waals surface area contributed by atoms with E-state index in [-0.39, 0.29) is 17.8 Å². The van der Waals surface area contributed by atoms with E-state index in [0.29, 0.717) is 0 Å². The summed E-state index contributed by atoms with van der Waals surface area (Å²) >= 11 is 3.47. The van der Waals surface area contributed by atoms with Gasteiger partial charge in [-0.1, -0.05) is 58.4 Å². The molecule has 0 N–H and O–H groups in total. The summed E-state index contributed by atoms with van der Waals surface area (Å²) in [5, 5.41) is 0. The lowest BCUT2D eigenvalue weighted by atomic mass is 9.89. The summed E-state index contributed by atoms with van der Waals surface area (Å²) < 4.78 is 6.08. The molecular weight excluding hydrogens is 354 g/mol. The summed E-state index contributed by atoms with van der Waals surface area (Å²) in [5.41, 5.74) is 2.46. The summed E-state index contributed by atoms with van der Waals surface area (Å²) in [4.78, 5) is 14.5. The molecule has 2 unspecified atom stereocenters. The summed E-state index contributed by atoms with van der Waals surface area (Å²) in [6.07, 6.45) is 0. The van der Waals surface area contributed by atoms with Crippen LogP contribution < -0.4 is 0 Å². The number of hydrogen-bond acceptors (Lipinski definition) is 3. The van der Waals surface area contributed by atoms with Crippen LogP contribution in [0.5, 0.6) is 0 Å². The normalized spacial score (nSPS) is 21.3. The van der Waals surface area contributed by atoms with Gasteiger partial charge in [0.05, 0.1) is 13.0 Å². The van der Waals surface area contributed by atoms with Crippen molar-refractivity contribution in [2.45, 2.75) is 12.5 Å². The number of halogens is 1. The van der Waals surface area contributed by atoms with Crippen molar-refractivity contribution in [3.63, 3.8) is 0 Å². The minimum Gasteiger partial charge on any atom is -0.469 e. The van der Waals surface area contributed by atoms with Crippen LogP contribution in [0.1, 0.15) is 17.0 Å². The molecular formula is C19H20BrNO2. The topological polar surface area (TPSA) is 29.5 Å². The van der Waals surface area contributed by atoms with Crippen molar-refractivity contribution in [3.8, 4) is 0 Å². The molecule has 4 heteroatoms. The molecule has 0 saturated carbocycles. The highest BCUT2D eigenvalue weighted by molar-refractivity contribution is 9.10. The molecule has 1 aliphatic rings. The Morgan fingerprint density at radius 2 is 1.83 bits per heavy atom. The number of methoxy groups -OCH3 is 1. The fourth-order valence-electron chi connectivity index (χ4n) is 3.29. The predicted octanol–water partition coefficient (Wildman–Crippen LogP) is 3.84. The third kappa shape index (κ3) is 3.82. The molecule has 2 aromatic carbocycles. The predicted molar refractivity (Wildman–Crippen MR) is 94.1 cm³/mol. The molecule has 1 heterocycles. The Morgan fingerprint density at radius 3 is 2.48 bits per heavy atom. The zero-order valence-corrected chi connectivity index (χ0v) is 14.7. The molecule has 0 aromatic heterocycles. The molecule has 0 amide bonds. The Morgan fingerprint density at radius 1 is 1.13 bits per heavy atom. The Labute approximate surface area is 145 Å². The highest BCUT2D eigenvalue weighted by atomic mass is 79.9. The van der Waals surface area contributed by atoms with Crippen molar-refractivity contribution in [1.82, 2.24) is 4.90 Å². The van der Waals surface area contributed by atoms with Crippen molar-refractivity contribution < 1.29 is 9.53 Å². The van der Waals surface area contributed by atoms with Crippen LogP contribution in [0.15, 0.2) is 59.1 Å². The van der Waals surface area contributed by atoms with Crippen molar-refractivity contribution >= 4 is 21.9 Å². The summed E-state index contributed by atoms with van der Waals surface area (Å²) in [6, 6.07) is 18.6. The second-order valence-electron chi connectivity index (χ2n) is 5.97. The first-order valence-corrected chi connectivity index (χ1v) is 8.56. The number of likely N-dealkylation sites (tertiary alicyclic amines) is 1. The van der Waals surface area contributed by atoms with Gasteiger partial charge in [-0.2, -0.15) is 0 Å². The minimum atomic E-state index is -0.117. The van der Waals surface area contributed by atoms with E-state index in [2.05, 4.69) is 57.2 Å². The van der Waals surface area contributed by atoms with Gasteiger partial charge in [0.2, 0.25) is 0 Å². The van der Waals surface area contributed by atoms with E-state index in [1.54, 1.807) is 0 Å². The average Bonchev–Trinajstić information content (AvgIpc) is 2.99. The van der Waals surface area contributed by atoms with E-state index in [0.717, 1.165) is 24.1 Å². The van der Waals surface area contributed by atoms with Gasteiger partial charge in [0.1, 0.15) is 0 Å². The minimum absolute atomic E-state index is 0.107. The van der Waals surface area contributed by atoms with Crippen LogP contribution in [0.4, 0.5) is 0 Å². The number of esters is 1. The summed E-state index contributed by atoms with van der Waals surface area (Å²) in [7, 11) is 1.47. The number of carbonyl (C=O) groups excluding carboxylic acids is 1. The van der Waals surface area contributed by atoms with E-state index in [9.17, 15) is 4.79 Å². The van der Waals surface area contributed by atoms with Gasteiger partial charge in [-0.3, -0.25) is 9.69 Å². The Bertz CT molecular complexity index is 657. The standard InChI is InChI=1S/C19H20BrNO2/c1-23-19(22)18-13-21(11-14-5-3-2-4-6-14)12-17(18)15-7-9-16(20)10-8-15/h2-10,17-18H,11-13H2,1H3. The zero-order valence-electron chi connectivity index (χ0n) is 13.1. The first-order chi connectivity index (χ1) is 11.2. The fourth-order valence-corrected chi connectivity index (χ4v) is 3.56. The molecule has 120 valence electrons. The molecule has 3 rings (SSSR count). The largest absolute Gasteiger partial charge is 0.469 e. The van der Waals surface area contributed by atoms with E-state index in [1.165, 1.54) is 18.2 Å². The maximum atomic E-state index is 12.2. The van der Waals surface area contributed by atoms with Gasteiger partial charge in [-0.05, 0) is 23.3 Å². The van der Waals surface area contributed by atoms with E-state index < -0.39 is 0 Å². The molecule has 0 aliphatic carbocycles. The molecule has 2 aromatic rings. The van der Waals surface area contributed by atoms with Gasteiger partial charge < -0.3 is 4.74 Å². The molecule has 1 saturated heterocycles. The number of benzene rings is 2. The van der Waals surface area contributed by atoms with Crippen molar-refractivity contribution in [2.24, 2.45) is 5.92 Å². The van der Waals surface area contributed by atoms with Crippen LogP contribution in [0, 0.1) is 5.92 Å². The summed E-state index contributed by atoms with van der Waals surface area (Å²) in [6.45, 7) is 2.47. The van der Waals surface area contributed by atoms with Gasteiger partial charge in [-0.25, -0.2) is 0 Å². The van der Waals surface area contributed by atoms with Crippen LogP contribution in [-0.4, -0.2) is 31.1 Å². The Balaban J connectivity index is 1.79. The van der Waals surface area contributed by atoms with Crippen molar-refractivity contribution in [2.75, 3.05) is 20.2 Å². The molecule has 23 heavy (non-hydrogen) atoms. The summed E-state index contributed by atoms with van der Waals surface area (Å²) in [5.74, 6) is -0.0439. The number of rotatable bonds is 4. The smallest absolute Gasteiger partial charge is 0.310 e. The third-order valence-corrected chi connectivity index (χ3v) is 4.98. The number of hydrogen-bond donors (Lipinski definition) is 0. The van der Waals surface area contributed by atoms with Gasteiger partial charge in [0.15, 0.2) is 0 Å². The van der Waals surface area contributed by atoms with E-state index in [4.69, 9.17) is 4.74 Å². The Hall–Kier alpha value is -1.65. The molecule has 1 fully saturated rings. The van der Waals surface area contributed by atoms with E-state index in [1.807, 2.05) is 18.2 Å². The van der Waals surface area contributed by atoms with Crippen molar-refractivity contribution in [3.05, 3.63) is 70.2 Å². The highest BCUT2D eigenvalue weighted by Gasteiger charge is 2.39. The second-order valence-corrected chi connectivity index (χ2v) is 6.88. The molecule has 1 aliphatic heterocycles. The van der Waals surface area contributed by atoms with Gasteiger partial charge in [-0.15, -0.1) is 0 Å². The monoisotopic (exact) mass is 373 g/mol. The van der Waals surface area contributed by atoms with E-state index >= 15 is 0 Å². The lowest BCUT2D eigenvalue weighted by Crippen LogP contribution is -2.24. The molecule has 2 atom stereocenters. The number of nitrogens with zero attached hydrogens (tertiary/aromatic N) is 1. The Kier molecular flexibility index (Phi) is 5.13. The van der Waals surface area contributed by atoms with Crippen LogP contribution in [0.3, 0.4) is 0 Å². The second kappa shape index (κ2) is 7.28. The fraction of sp³-hybridized carbons (Fsp3) is 0.316.